The summed E-state index contributed by atoms with van der Waals surface area (Å²) in [6.07, 6.45) is 1.07. The Kier molecular flexibility index (Phi) is 10.3. The molecule has 0 aliphatic heterocycles. The molecule has 7 N–H and O–H groups in total. The number of anilines is 4. The summed E-state index contributed by atoms with van der Waals surface area (Å²) in [5.74, 6) is -0.336. The molecule has 0 fully saturated rings. The molecule has 0 bridgehead atoms. The van der Waals surface area contributed by atoms with Gasteiger partial charge in [-0.3, -0.25) is 0 Å². The minimum absolute atomic E-state index is 0. The molecular formula is C16H25MtN7O6S. The molecule has 0 aliphatic carbocycles. The average molecular weight is 721 g/mol. The Balaban J connectivity index is 0.00000450. The maximum absolute atomic E-state index is 11.2. The number of rotatable bonds is 11. The van der Waals surface area contributed by atoms with E-state index in [2.05, 4.69) is 30.3 Å². The van der Waals surface area contributed by atoms with Gasteiger partial charge in [-0.2, -0.15) is 15.0 Å². The van der Waals surface area contributed by atoms with E-state index in [0.29, 0.717) is 12.2 Å². The Morgan fingerprint density at radius 1 is 1.10 bits per heavy atom. The number of carboxylic acid groups (broad SMARTS) is 1. The number of hydrogen-bond acceptors (Lipinski definition) is 10. The summed E-state index contributed by atoms with van der Waals surface area (Å²) >= 11 is 0. The van der Waals surface area contributed by atoms with E-state index in [1.165, 1.54) is 12.1 Å². The standard InChI is InChI=1S/C16H23N7O5S.Mt.H2O/c1-23(9-7-18-29(2,27)28)16-21-14(17-8-10-24)20-15(22-16)19-12-5-3-11(4-6-12)13(25)26;;/h3-6,18,24H,7-10H2,1-2H3,(H,25,26)(H2,17,19,20,21,22);;1H2. The van der Waals surface area contributed by atoms with Crippen molar-refractivity contribution in [3.8, 4) is 0 Å². The molecule has 13 nitrogen and oxygen atoms in total. The van der Waals surface area contributed by atoms with Gasteiger partial charge in [-0.1, -0.05) is 0 Å². The zero-order valence-corrected chi connectivity index (χ0v) is 24.6. The second-order valence-electron chi connectivity index (χ2n) is 6.03. The Morgan fingerprint density at radius 3 is 2.26 bits per heavy atom. The molecule has 0 saturated heterocycles. The number of aromatic carboxylic acids is 1. The van der Waals surface area contributed by atoms with E-state index in [-0.39, 0.29) is 48.6 Å². The molecular weight excluding hydrogens is 696 g/mol. The third-order valence-corrected chi connectivity index (χ3v) is 4.29. The summed E-state index contributed by atoms with van der Waals surface area (Å²) in [6.45, 7) is 0.590. The molecule has 0 unspecified atom stereocenters. The topological polar surface area (TPSA) is 201 Å². The average Bonchev–Trinajstić information content (AvgIpc) is 2.65. The number of hydrogen-bond donors (Lipinski definition) is 5. The fraction of sp³-hybridized carbons (Fsp3) is 0.375. The number of aromatic nitrogens is 3. The van der Waals surface area contributed by atoms with E-state index < -0.39 is 16.0 Å². The molecule has 0 aliphatic rings. The van der Waals surface area contributed by atoms with Crippen LogP contribution in [0.2, 0.25) is 0 Å². The monoisotopic (exact) mass is 721 g/mol. The predicted molar refractivity (Wildman–Crippen MR) is 112 cm³/mol. The fourth-order valence-electron chi connectivity index (χ4n) is 2.16. The van der Waals surface area contributed by atoms with Crippen LogP contribution in [0.4, 0.5) is 23.5 Å². The van der Waals surface area contributed by atoms with Crippen molar-refractivity contribution in [3.63, 3.8) is 0 Å². The number of carbonyl (C=O) groups is 1. The van der Waals surface area contributed by atoms with Crippen LogP contribution >= 0.6 is 0 Å². The Labute approximate surface area is 173 Å². The minimum atomic E-state index is -3.30. The summed E-state index contributed by atoms with van der Waals surface area (Å²) in [4.78, 5) is 25.4. The second kappa shape index (κ2) is 11.8. The van der Waals surface area contributed by atoms with Crippen molar-refractivity contribution >= 4 is 39.5 Å². The number of carboxylic acids is 1. The molecule has 0 atom stereocenters. The van der Waals surface area contributed by atoms with Gasteiger partial charge < -0.3 is 31.2 Å². The molecule has 0 radical (unpaired) electrons. The van der Waals surface area contributed by atoms with Crippen LogP contribution in [0.1, 0.15) is 10.4 Å². The number of aliphatic hydroxyl groups excluding tert-OH is 1. The van der Waals surface area contributed by atoms with E-state index in [1.54, 1.807) is 24.1 Å². The summed E-state index contributed by atoms with van der Waals surface area (Å²) in [5.41, 5.74) is 0.719. The van der Waals surface area contributed by atoms with Crippen molar-refractivity contribution in [2.24, 2.45) is 0 Å². The van der Waals surface area contributed by atoms with E-state index in [4.69, 9.17) is 10.2 Å². The van der Waals surface area contributed by atoms with Crippen molar-refractivity contribution in [1.82, 2.24) is 19.7 Å². The number of likely N-dealkylation sites (N-methyl/N-ethyl adjacent to an activating group) is 1. The summed E-state index contributed by atoms with van der Waals surface area (Å²) in [7, 11) is -1.61. The molecule has 1 heterocycles. The zero-order chi connectivity index (χ0) is 21.4. The summed E-state index contributed by atoms with van der Waals surface area (Å²) in [5, 5.41) is 23.8. The van der Waals surface area contributed by atoms with Gasteiger partial charge in [-0.25, -0.2) is 17.9 Å². The smallest absolute Gasteiger partial charge is 0.335 e. The van der Waals surface area contributed by atoms with Gasteiger partial charge in [0.05, 0.1) is 18.4 Å². The van der Waals surface area contributed by atoms with Crippen LogP contribution in [0.15, 0.2) is 24.3 Å². The van der Waals surface area contributed by atoms with Crippen molar-refractivity contribution in [1.29, 1.82) is 0 Å². The molecule has 1 aromatic carbocycles. The molecule has 2 rings (SSSR count). The number of nitrogens with one attached hydrogen (secondary N) is 3. The van der Waals surface area contributed by atoms with Crippen LogP contribution in [-0.4, -0.2) is 84.6 Å². The maximum Gasteiger partial charge on any atom is 0.335 e. The van der Waals surface area contributed by atoms with Crippen molar-refractivity contribution in [2.45, 2.75) is 0 Å². The quantitative estimate of drug-likeness (QED) is 0.188. The Morgan fingerprint density at radius 2 is 1.71 bits per heavy atom. The number of aliphatic hydroxyl groups is 1. The van der Waals surface area contributed by atoms with Gasteiger partial charge in [0.25, 0.3) is 0 Å². The number of nitrogens with zero attached hydrogens (tertiary/aromatic N) is 4. The van der Waals surface area contributed by atoms with Gasteiger partial charge in [0.1, 0.15) is 0 Å². The normalized spacial score (nSPS) is 10.4. The molecule has 31 heavy (non-hydrogen) atoms. The molecule has 2 aromatic rings. The van der Waals surface area contributed by atoms with Crippen molar-refractivity contribution in [2.75, 3.05) is 55.1 Å². The maximum atomic E-state index is 11.2. The first kappa shape index (κ1) is 26.9. The van der Waals surface area contributed by atoms with Crippen molar-refractivity contribution in [3.05, 3.63) is 29.8 Å². The van der Waals surface area contributed by atoms with Crippen LogP contribution in [0.3, 0.4) is 0 Å². The molecule has 1 aromatic heterocycles. The first-order valence-electron chi connectivity index (χ1n) is 8.55. The fourth-order valence-corrected chi connectivity index (χ4v) is 2.62. The van der Waals surface area contributed by atoms with Gasteiger partial charge in [-0.05, 0) is 24.3 Å². The molecule has 0 amide bonds. The molecule has 168 valence electrons. The first-order valence-corrected chi connectivity index (χ1v) is 10.4. The molecule has 0 saturated carbocycles. The molecule has 0 spiro atoms. The van der Waals surface area contributed by atoms with Gasteiger partial charge in [0, 0.05) is 32.4 Å². The van der Waals surface area contributed by atoms with E-state index in [1.807, 2.05) is 0 Å². The van der Waals surface area contributed by atoms with Gasteiger partial charge in [0.15, 0.2) is 0 Å². The van der Waals surface area contributed by atoms with E-state index in [0.717, 1.165) is 6.26 Å². The third-order valence-electron chi connectivity index (χ3n) is 3.56. The Hall–Kier alpha value is -4.07. The predicted octanol–water partition coefficient (Wildman–Crippen LogP) is -1.12. The van der Waals surface area contributed by atoms with Crippen molar-refractivity contribution < 1.29 is 28.9 Å². The van der Waals surface area contributed by atoms with E-state index in [9.17, 15) is 13.2 Å². The zero-order valence-electron chi connectivity index (χ0n) is 17.2. The van der Waals surface area contributed by atoms with Gasteiger partial charge >= 0.3 is 5.97 Å². The molecule has 15 heteroatoms. The minimum Gasteiger partial charge on any atom is -0.478 e. The van der Waals surface area contributed by atoms with E-state index >= 15 is 0 Å². The third kappa shape index (κ3) is 8.86. The number of sulfonamides is 1. The number of benzene rings is 1. The summed E-state index contributed by atoms with van der Waals surface area (Å²) < 4.78 is 24.8. The van der Waals surface area contributed by atoms with Crippen LogP contribution in [-0.2, 0) is 10.0 Å². The van der Waals surface area contributed by atoms with Crippen LogP contribution in [0.5, 0.6) is 0 Å². The largest absolute Gasteiger partial charge is 0.478 e. The van der Waals surface area contributed by atoms with Gasteiger partial charge in [0.2, 0.25) is 27.9 Å². The Bertz CT molecular complexity index is 946. The summed E-state index contributed by atoms with van der Waals surface area (Å²) in [6, 6.07) is 6.04. The van der Waals surface area contributed by atoms with Crippen LogP contribution in [0.25, 0.3) is 0 Å². The first-order chi connectivity index (χ1) is 13.7. The second-order valence-corrected chi connectivity index (χ2v) is 7.86. The SMILES string of the molecule is CN(CCNS(C)(=O)=O)c1nc(NCCO)nc(Nc2ccc(C(=O)O)cc2)n1.O.[Mt]. The van der Waals surface area contributed by atoms with Crippen LogP contribution in [0, 0.1) is 0 Å². The van der Waals surface area contributed by atoms with Crippen LogP contribution < -0.4 is 20.3 Å². The van der Waals surface area contributed by atoms with Gasteiger partial charge in [-0.15, -0.1) is 0 Å².